The van der Waals surface area contributed by atoms with E-state index in [0.29, 0.717) is 0 Å². The molecule has 2 nitrogen and oxygen atoms in total. The van der Waals surface area contributed by atoms with Crippen LogP contribution in [0.1, 0.15) is 0 Å². The molecule has 1 atom stereocenters. The lowest BCUT2D eigenvalue weighted by atomic mass is 10.3. The van der Waals surface area contributed by atoms with Gasteiger partial charge in [0.15, 0.2) is 0 Å². The first-order valence-corrected chi connectivity index (χ1v) is 2.80. The van der Waals surface area contributed by atoms with Crippen LogP contribution in [0.3, 0.4) is 0 Å². The van der Waals surface area contributed by atoms with Gasteiger partial charge in [-0.15, -0.1) is 0 Å². The smallest absolute Gasteiger partial charge is 0.115 e. The summed E-state index contributed by atoms with van der Waals surface area (Å²) in [4.78, 5) is 0. The summed E-state index contributed by atoms with van der Waals surface area (Å²) in [6.07, 6.45) is 8.46. The zero-order chi connectivity index (χ0) is 6.69. The Kier molecular flexibility index (Phi) is 1.70. The molecule has 2 heteroatoms. The van der Waals surface area contributed by atoms with Gasteiger partial charge in [-0.2, -0.15) is 0 Å². The van der Waals surface area contributed by atoms with E-state index in [-0.39, 0.29) is 11.8 Å². The second kappa shape index (κ2) is 2.51. The van der Waals surface area contributed by atoms with Crippen LogP contribution in [0.5, 0.6) is 0 Å². The highest BCUT2D eigenvalue weighted by atomic mass is 16.3. The van der Waals surface area contributed by atoms with E-state index in [0.717, 1.165) is 0 Å². The van der Waals surface area contributed by atoms with Crippen LogP contribution in [0.2, 0.25) is 0 Å². The molecule has 1 rings (SSSR count). The van der Waals surface area contributed by atoms with Crippen LogP contribution < -0.4 is 5.73 Å². The number of aliphatic hydroxyl groups excluding tert-OH is 1. The average molecular weight is 123 g/mol. The summed E-state index contributed by atoms with van der Waals surface area (Å²) in [6, 6.07) is -0.0640. The maximum Gasteiger partial charge on any atom is 0.115 e. The Labute approximate surface area is 54.0 Å². The van der Waals surface area contributed by atoms with E-state index < -0.39 is 0 Å². The fraction of sp³-hybridized carbons (Fsp3) is 0.143. The molecule has 0 spiro atoms. The van der Waals surface area contributed by atoms with Crippen molar-refractivity contribution in [3.63, 3.8) is 0 Å². The number of rotatable bonds is 0. The van der Waals surface area contributed by atoms with Gasteiger partial charge in [-0.25, -0.2) is 0 Å². The second-order valence-corrected chi connectivity index (χ2v) is 1.91. The molecular weight excluding hydrogens is 114 g/mol. The van der Waals surface area contributed by atoms with Crippen molar-refractivity contribution in [1.29, 1.82) is 0 Å². The molecule has 0 amide bonds. The van der Waals surface area contributed by atoms with E-state index in [9.17, 15) is 0 Å². The molecule has 0 aliphatic heterocycles. The molecule has 0 radical (unpaired) electrons. The maximum absolute atomic E-state index is 8.87. The average Bonchev–Trinajstić information content (AvgIpc) is 1.97. The van der Waals surface area contributed by atoms with Crippen molar-refractivity contribution in [3.05, 3.63) is 36.1 Å². The Hall–Kier alpha value is -1.02. The molecule has 1 aliphatic carbocycles. The second-order valence-electron chi connectivity index (χ2n) is 1.91. The van der Waals surface area contributed by atoms with Crippen molar-refractivity contribution >= 4 is 0 Å². The maximum atomic E-state index is 8.87. The van der Waals surface area contributed by atoms with E-state index in [4.69, 9.17) is 10.8 Å². The third kappa shape index (κ3) is 1.74. The van der Waals surface area contributed by atoms with Gasteiger partial charge in [0.2, 0.25) is 0 Å². The van der Waals surface area contributed by atoms with Gasteiger partial charge in [0.05, 0.1) is 0 Å². The Morgan fingerprint density at radius 3 is 3.00 bits per heavy atom. The van der Waals surface area contributed by atoms with Crippen molar-refractivity contribution < 1.29 is 5.11 Å². The Balaban J connectivity index is 2.75. The summed E-state index contributed by atoms with van der Waals surface area (Å²) in [5.74, 6) is 0.249. The van der Waals surface area contributed by atoms with E-state index in [1.807, 2.05) is 0 Å². The van der Waals surface area contributed by atoms with Gasteiger partial charge in [0.25, 0.3) is 0 Å². The van der Waals surface area contributed by atoms with Crippen LogP contribution >= 0.6 is 0 Å². The minimum absolute atomic E-state index is 0.0640. The molecule has 0 aromatic heterocycles. The van der Waals surface area contributed by atoms with Crippen LogP contribution in [-0.2, 0) is 0 Å². The lowest BCUT2D eigenvalue weighted by Crippen LogP contribution is -2.11. The first-order chi connectivity index (χ1) is 4.29. The molecule has 0 aromatic carbocycles. The quantitative estimate of drug-likeness (QED) is 0.502. The number of hydrogen-bond acceptors (Lipinski definition) is 2. The van der Waals surface area contributed by atoms with Gasteiger partial charge < -0.3 is 10.8 Å². The Morgan fingerprint density at radius 1 is 1.44 bits per heavy atom. The predicted molar refractivity (Wildman–Crippen MR) is 37.0 cm³/mol. The third-order valence-corrected chi connectivity index (χ3v) is 1.09. The molecule has 48 valence electrons. The highest BCUT2D eigenvalue weighted by molar-refractivity contribution is 5.25. The van der Waals surface area contributed by atoms with Crippen LogP contribution in [-0.4, -0.2) is 11.1 Å². The summed E-state index contributed by atoms with van der Waals surface area (Å²) in [5.41, 5.74) is 5.48. The monoisotopic (exact) mass is 123 g/mol. The molecule has 9 heavy (non-hydrogen) atoms. The first-order valence-electron chi connectivity index (χ1n) is 2.80. The van der Waals surface area contributed by atoms with Crippen molar-refractivity contribution in [1.82, 2.24) is 0 Å². The van der Waals surface area contributed by atoms with Crippen molar-refractivity contribution in [2.75, 3.05) is 0 Å². The SMILES string of the molecule is NC1C=CC=C(O)C=C1. The highest BCUT2D eigenvalue weighted by Crippen LogP contribution is 1.98. The van der Waals surface area contributed by atoms with Crippen molar-refractivity contribution in [2.45, 2.75) is 6.04 Å². The van der Waals surface area contributed by atoms with Gasteiger partial charge in [-0.3, -0.25) is 0 Å². The van der Waals surface area contributed by atoms with Gasteiger partial charge >= 0.3 is 0 Å². The van der Waals surface area contributed by atoms with Gasteiger partial charge in [0.1, 0.15) is 5.76 Å². The fourth-order valence-corrected chi connectivity index (χ4v) is 0.612. The van der Waals surface area contributed by atoms with E-state index in [1.54, 1.807) is 30.4 Å². The molecule has 3 N–H and O–H groups in total. The standard InChI is InChI=1S/C7H9NO/c8-6-2-1-3-7(9)5-4-6/h1-6,9H,8H2. The van der Waals surface area contributed by atoms with Crippen molar-refractivity contribution in [3.8, 4) is 0 Å². The Morgan fingerprint density at radius 2 is 2.22 bits per heavy atom. The van der Waals surface area contributed by atoms with Crippen LogP contribution in [0.15, 0.2) is 36.1 Å². The zero-order valence-electron chi connectivity index (χ0n) is 4.99. The molecular formula is C7H9NO. The minimum Gasteiger partial charge on any atom is -0.508 e. The summed E-state index contributed by atoms with van der Waals surface area (Å²) in [5, 5.41) is 8.87. The van der Waals surface area contributed by atoms with Crippen LogP contribution in [0.25, 0.3) is 0 Å². The number of allylic oxidation sites excluding steroid dienone is 3. The largest absolute Gasteiger partial charge is 0.508 e. The molecule has 0 heterocycles. The van der Waals surface area contributed by atoms with Gasteiger partial charge in [-0.1, -0.05) is 18.2 Å². The summed E-state index contributed by atoms with van der Waals surface area (Å²) in [7, 11) is 0. The summed E-state index contributed by atoms with van der Waals surface area (Å²) >= 11 is 0. The zero-order valence-corrected chi connectivity index (χ0v) is 4.99. The number of nitrogens with two attached hydrogens (primary N) is 1. The van der Waals surface area contributed by atoms with Gasteiger partial charge in [0, 0.05) is 6.04 Å². The van der Waals surface area contributed by atoms with Crippen LogP contribution in [0.4, 0.5) is 0 Å². The third-order valence-electron chi connectivity index (χ3n) is 1.09. The number of hydrogen-bond donors (Lipinski definition) is 2. The van der Waals surface area contributed by atoms with Crippen molar-refractivity contribution in [2.24, 2.45) is 5.73 Å². The first kappa shape index (κ1) is 6.11. The lowest BCUT2D eigenvalue weighted by Gasteiger charge is -1.92. The highest BCUT2D eigenvalue weighted by Gasteiger charge is 1.92. The topological polar surface area (TPSA) is 46.2 Å². The molecule has 0 fully saturated rings. The molecule has 0 saturated carbocycles. The minimum atomic E-state index is -0.0640. The van der Waals surface area contributed by atoms with E-state index in [1.165, 1.54) is 0 Å². The van der Waals surface area contributed by atoms with Crippen LogP contribution in [0, 0.1) is 0 Å². The Bertz CT molecular complexity index is 179. The molecule has 1 unspecified atom stereocenters. The van der Waals surface area contributed by atoms with E-state index >= 15 is 0 Å². The van der Waals surface area contributed by atoms with Gasteiger partial charge in [-0.05, 0) is 12.2 Å². The molecule has 0 saturated heterocycles. The number of aliphatic hydroxyl groups is 1. The molecule has 0 bridgehead atoms. The molecule has 0 aromatic rings. The molecule has 1 aliphatic rings. The van der Waals surface area contributed by atoms with E-state index in [2.05, 4.69) is 0 Å². The summed E-state index contributed by atoms with van der Waals surface area (Å²) < 4.78 is 0. The lowest BCUT2D eigenvalue weighted by molar-refractivity contribution is 0.432. The summed E-state index contributed by atoms with van der Waals surface area (Å²) in [6.45, 7) is 0. The predicted octanol–water partition coefficient (Wildman–Crippen LogP) is 0.882. The fourth-order valence-electron chi connectivity index (χ4n) is 0.612. The normalized spacial score (nSPS) is 25.4.